The van der Waals surface area contributed by atoms with Crippen LogP contribution in [-0.4, -0.2) is 26.2 Å². The van der Waals surface area contributed by atoms with Crippen LogP contribution in [0.3, 0.4) is 0 Å². The zero-order valence-corrected chi connectivity index (χ0v) is 16.5. The summed E-state index contributed by atoms with van der Waals surface area (Å²) in [6.45, 7) is 6.80. The summed E-state index contributed by atoms with van der Waals surface area (Å²) >= 11 is 0. The van der Waals surface area contributed by atoms with Crippen LogP contribution in [0.25, 0.3) is 22.2 Å². The molecule has 0 fully saturated rings. The van der Waals surface area contributed by atoms with Crippen molar-refractivity contribution in [3.63, 3.8) is 0 Å². The Bertz CT molecular complexity index is 1170. The molecule has 0 aliphatic rings. The number of hydrogen-bond donors (Lipinski definition) is 1. The molecule has 8 heteroatoms. The summed E-state index contributed by atoms with van der Waals surface area (Å²) in [5.41, 5.74) is 4.24. The molecule has 0 saturated carbocycles. The molecule has 0 saturated heterocycles. The first-order valence-corrected chi connectivity index (χ1v) is 9.39. The van der Waals surface area contributed by atoms with E-state index in [4.69, 9.17) is 4.52 Å². The fraction of sp³-hybridized carbons (Fsp3) is 0.238. The van der Waals surface area contributed by atoms with Crippen LogP contribution in [0.4, 0.5) is 11.6 Å². The molecule has 4 aromatic rings. The summed E-state index contributed by atoms with van der Waals surface area (Å²) in [7, 11) is 0. The highest BCUT2D eigenvalue weighted by atomic mass is 16.6. The second-order valence-electron chi connectivity index (χ2n) is 6.86. The van der Waals surface area contributed by atoms with E-state index in [9.17, 15) is 10.1 Å². The first-order valence-electron chi connectivity index (χ1n) is 9.39. The predicted molar refractivity (Wildman–Crippen MR) is 111 cm³/mol. The summed E-state index contributed by atoms with van der Waals surface area (Å²) < 4.78 is 7.25. The van der Waals surface area contributed by atoms with Gasteiger partial charge in [-0.25, -0.2) is 4.98 Å². The maximum atomic E-state index is 11.8. The van der Waals surface area contributed by atoms with Gasteiger partial charge in [0, 0.05) is 18.2 Å². The van der Waals surface area contributed by atoms with E-state index in [-0.39, 0.29) is 10.6 Å². The van der Waals surface area contributed by atoms with Gasteiger partial charge >= 0.3 is 0 Å². The Balaban J connectivity index is 1.99. The van der Waals surface area contributed by atoms with Crippen LogP contribution in [0.5, 0.6) is 0 Å². The minimum absolute atomic E-state index is 0.0385. The summed E-state index contributed by atoms with van der Waals surface area (Å²) in [5.74, 6) is 1.22. The molecule has 0 aliphatic carbocycles. The van der Waals surface area contributed by atoms with E-state index < -0.39 is 0 Å². The second kappa shape index (κ2) is 7.38. The van der Waals surface area contributed by atoms with Crippen LogP contribution in [0.15, 0.2) is 47.0 Å². The average molecular weight is 391 g/mol. The Hall–Kier alpha value is -3.68. The van der Waals surface area contributed by atoms with Crippen LogP contribution in [-0.2, 0) is 6.54 Å². The fourth-order valence-electron chi connectivity index (χ4n) is 3.60. The van der Waals surface area contributed by atoms with E-state index in [1.54, 1.807) is 13.0 Å². The van der Waals surface area contributed by atoms with Gasteiger partial charge in [0.1, 0.15) is 5.76 Å². The van der Waals surface area contributed by atoms with Crippen molar-refractivity contribution < 1.29 is 9.45 Å². The smallest absolute Gasteiger partial charge is 0.297 e. The minimum atomic E-state index is -0.389. The number of rotatable bonds is 6. The van der Waals surface area contributed by atoms with E-state index >= 15 is 0 Å². The third-order valence-electron chi connectivity index (χ3n) is 4.87. The SMILES string of the molecule is CCNc1nc2c([N+](=O)[O-])cc(-c3c(C)noc3C)cc2n1Cc1ccccc1. The molecule has 2 aromatic carbocycles. The Morgan fingerprint density at radius 2 is 1.97 bits per heavy atom. The van der Waals surface area contributed by atoms with Gasteiger partial charge in [0.15, 0.2) is 5.52 Å². The van der Waals surface area contributed by atoms with Crippen molar-refractivity contribution in [2.75, 3.05) is 11.9 Å². The third-order valence-corrected chi connectivity index (χ3v) is 4.87. The number of benzene rings is 2. The second-order valence-corrected chi connectivity index (χ2v) is 6.86. The maximum absolute atomic E-state index is 11.8. The average Bonchev–Trinajstić information content (AvgIpc) is 3.22. The number of aryl methyl sites for hydroxylation is 2. The quantitative estimate of drug-likeness (QED) is 0.378. The molecule has 0 aliphatic heterocycles. The molecule has 2 heterocycles. The Kier molecular flexibility index (Phi) is 4.75. The van der Waals surface area contributed by atoms with E-state index in [0.717, 1.165) is 11.1 Å². The molecule has 0 radical (unpaired) electrons. The number of hydrogen-bond acceptors (Lipinski definition) is 6. The number of nitrogens with zero attached hydrogens (tertiary/aromatic N) is 4. The molecule has 0 atom stereocenters. The van der Waals surface area contributed by atoms with E-state index in [0.29, 0.717) is 47.1 Å². The van der Waals surface area contributed by atoms with Gasteiger partial charge in [0.25, 0.3) is 5.69 Å². The van der Waals surface area contributed by atoms with Crippen LogP contribution in [0.2, 0.25) is 0 Å². The van der Waals surface area contributed by atoms with Crippen LogP contribution in [0, 0.1) is 24.0 Å². The van der Waals surface area contributed by atoms with Crippen molar-refractivity contribution in [3.8, 4) is 11.1 Å². The lowest BCUT2D eigenvalue weighted by Gasteiger charge is -2.10. The van der Waals surface area contributed by atoms with Gasteiger partial charge in [0.2, 0.25) is 5.95 Å². The first-order chi connectivity index (χ1) is 14.0. The van der Waals surface area contributed by atoms with E-state index in [2.05, 4.69) is 15.5 Å². The van der Waals surface area contributed by atoms with Gasteiger partial charge in [-0.2, -0.15) is 0 Å². The molecule has 0 bridgehead atoms. The number of nitro groups is 1. The number of nitro benzene ring substituents is 1. The normalized spacial score (nSPS) is 11.1. The highest BCUT2D eigenvalue weighted by Crippen LogP contribution is 2.36. The van der Waals surface area contributed by atoms with Crippen molar-refractivity contribution in [1.82, 2.24) is 14.7 Å². The van der Waals surface area contributed by atoms with Gasteiger partial charge in [-0.1, -0.05) is 35.5 Å². The largest absolute Gasteiger partial charge is 0.361 e. The Labute approximate surface area is 167 Å². The molecule has 4 rings (SSSR count). The number of fused-ring (bicyclic) bond motifs is 1. The molecule has 8 nitrogen and oxygen atoms in total. The molecule has 2 aromatic heterocycles. The molecule has 148 valence electrons. The number of aromatic nitrogens is 3. The number of nitrogens with one attached hydrogen (secondary N) is 1. The summed E-state index contributed by atoms with van der Waals surface area (Å²) in [4.78, 5) is 16.0. The van der Waals surface area contributed by atoms with Crippen molar-refractivity contribution >= 4 is 22.7 Å². The summed E-state index contributed by atoms with van der Waals surface area (Å²) in [6, 6.07) is 13.4. The summed E-state index contributed by atoms with van der Waals surface area (Å²) in [5, 5.41) is 19.1. The molecule has 0 unspecified atom stereocenters. The van der Waals surface area contributed by atoms with Gasteiger partial charge < -0.3 is 14.4 Å². The predicted octanol–water partition coefficient (Wildman–Crippen LogP) is 4.70. The maximum Gasteiger partial charge on any atom is 0.297 e. The first kappa shape index (κ1) is 18.7. The topological polar surface area (TPSA) is 99.0 Å². The standard InChI is InChI=1S/C21H21N5O3/c1-4-22-21-23-20-17(25(21)12-15-8-6-5-7-9-15)10-16(11-18(20)26(27)28)19-13(2)24-29-14(19)3/h5-11H,4,12H2,1-3H3,(H,22,23). The van der Waals surface area contributed by atoms with E-state index in [1.165, 1.54) is 0 Å². The van der Waals surface area contributed by atoms with Gasteiger partial charge in [-0.05, 0) is 38.0 Å². The van der Waals surface area contributed by atoms with Crippen LogP contribution in [0.1, 0.15) is 23.9 Å². The minimum Gasteiger partial charge on any atom is -0.361 e. The Morgan fingerprint density at radius 1 is 1.21 bits per heavy atom. The highest BCUT2D eigenvalue weighted by molar-refractivity contribution is 5.92. The van der Waals surface area contributed by atoms with Crippen molar-refractivity contribution in [3.05, 3.63) is 69.6 Å². The lowest BCUT2D eigenvalue weighted by atomic mass is 10.0. The lowest BCUT2D eigenvalue weighted by Crippen LogP contribution is -2.08. The zero-order chi connectivity index (χ0) is 20.5. The van der Waals surface area contributed by atoms with Crippen molar-refractivity contribution in [2.24, 2.45) is 0 Å². The molecule has 29 heavy (non-hydrogen) atoms. The molecule has 1 N–H and O–H groups in total. The number of anilines is 1. The fourth-order valence-corrected chi connectivity index (χ4v) is 3.60. The molecule has 0 amide bonds. The number of imidazole rings is 1. The van der Waals surface area contributed by atoms with Gasteiger partial charge in [-0.15, -0.1) is 0 Å². The summed E-state index contributed by atoms with van der Waals surface area (Å²) in [6.07, 6.45) is 0. The highest BCUT2D eigenvalue weighted by Gasteiger charge is 2.24. The van der Waals surface area contributed by atoms with E-state index in [1.807, 2.05) is 54.8 Å². The van der Waals surface area contributed by atoms with Gasteiger partial charge in [-0.3, -0.25) is 10.1 Å². The van der Waals surface area contributed by atoms with Crippen LogP contribution >= 0.6 is 0 Å². The van der Waals surface area contributed by atoms with Crippen molar-refractivity contribution in [1.29, 1.82) is 0 Å². The third kappa shape index (κ3) is 3.33. The van der Waals surface area contributed by atoms with Crippen molar-refractivity contribution in [2.45, 2.75) is 27.3 Å². The number of non-ortho nitro benzene ring substituents is 1. The lowest BCUT2D eigenvalue weighted by molar-refractivity contribution is -0.383. The van der Waals surface area contributed by atoms with Crippen LogP contribution < -0.4 is 5.32 Å². The molecular formula is C21H21N5O3. The monoisotopic (exact) mass is 391 g/mol. The zero-order valence-electron chi connectivity index (χ0n) is 16.5. The van der Waals surface area contributed by atoms with Gasteiger partial charge in [0.05, 0.1) is 22.7 Å². The molecular weight excluding hydrogens is 370 g/mol. The molecule has 0 spiro atoms. The Morgan fingerprint density at radius 3 is 2.59 bits per heavy atom.